The van der Waals surface area contributed by atoms with Gasteiger partial charge in [0.05, 0.1) is 6.54 Å². The molecule has 1 saturated heterocycles. The normalized spacial score (nSPS) is 38.8. The molecule has 1 heterocycles. The van der Waals surface area contributed by atoms with Crippen LogP contribution in [0.3, 0.4) is 0 Å². The van der Waals surface area contributed by atoms with Crippen molar-refractivity contribution in [3.8, 4) is 0 Å². The summed E-state index contributed by atoms with van der Waals surface area (Å²) in [6.07, 6.45) is 5.65. The zero-order valence-electron chi connectivity index (χ0n) is 8.14. The molecule has 0 bridgehead atoms. The number of alkyl carbamates (subject to hydrolysis) is 1. The molecule has 0 aromatic carbocycles. The van der Waals surface area contributed by atoms with E-state index in [0.29, 0.717) is 5.92 Å². The fourth-order valence-corrected chi connectivity index (χ4v) is 2.70. The fraction of sp³-hybridized carbons (Fsp3) is 0.900. The molecule has 2 unspecified atom stereocenters. The Bertz CT molecular complexity index is 217. The van der Waals surface area contributed by atoms with Crippen LogP contribution in [0.4, 0.5) is 4.79 Å². The van der Waals surface area contributed by atoms with Crippen LogP contribution in [-0.4, -0.2) is 18.2 Å². The maximum atomic E-state index is 11.0. The predicted octanol–water partition coefficient (Wildman–Crippen LogP) is 2.07. The Balaban J connectivity index is 2.13. The fourth-order valence-electron chi connectivity index (χ4n) is 2.70. The summed E-state index contributed by atoms with van der Waals surface area (Å²) >= 11 is 0. The van der Waals surface area contributed by atoms with Crippen molar-refractivity contribution in [2.24, 2.45) is 5.92 Å². The number of carbonyl (C=O) groups excluding carboxylic acids is 1. The molecule has 13 heavy (non-hydrogen) atoms. The van der Waals surface area contributed by atoms with E-state index in [1.165, 1.54) is 19.3 Å². The van der Waals surface area contributed by atoms with Gasteiger partial charge < -0.3 is 10.1 Å². The maximum Gasteiger partial charge on any atom is 0.407 e. The lowest BCUT2D eigenvalue weighted by Gasteiger charge is -2.38. The van der Waals surface area contributed by atoms with E-state index in [1.54, 1.807) is 0 Å². The third kappa shape index (κ3) is 1.40. The van der Waals surface area contributed by atoms with Crippen LogP contribution in [0.15, 0.2) is 0 Å². The third-order valence-corrected chi connectivity index (χ3v) is 3.47. The Labute approximate surface area is 78.8 Å². The molecule has 0 radical (unpaired) electrons. The van der Waals surface area contributed by atoms with E-state index in [1.807, 2.05) is 0 Å². The van der Waals surface area contributed by atoms with E-state index in [9.17, 15) is 4.79 Å². The van der Waals surface area contributed by atoms with E-state index in [0.717, 1.165) is 19.4 Å². The minimum atomic E-state index is -0.222. The summed E-state index contributed by atoms with van der Waals surface area (Å²) in [5.74, 6) is 0.570. The van der Waals surface area contributed by atoms with Gasteiger partial charge in [0.15, 0.2) is 0 Å². The first-order valence-electron chi connectivity index (χ1n) is 5.24. The molecule has 2 rings (SSSR count). The van der Waals surface area contributed by atoms with Crippen molar-refractivity contribution in [2.75, 3.05) is 6.54 Å². The molecule has 1 N–H and O–H groups in total. The van der Waals surface area contributed by atoms with Gasteiger partial charge in [-0.1, -0.05) is 13.3 Å². The minimum Gasteiger partial charge on any atom is -0.441 e. The van der Waals surface area contributed by atoms with Crippen LogP contribution in [0, 0.1) is 5.92 Å². The molecule has 2 atom stereocenters. The monoisotopic (exact) mass is 183 g/mol. The SMILES string of the molecule is CCC1CCCCC12CNC(=O)O2. The number of hydrogen-bond donors (Lipinski definition) is 1. The van der Waals surface area contributed by atoms with Gasteiger partial charge in [0, 0.05) is 5.92 Å². The lowest BCUT2D eigenvalue weighted by molar-refractivity contribution is -0.0238. The summed E-state index contributed by atoms with van der Waals surface area (Å²) in [4.78, 5) is 11.0. The number of rotatable bonds is 1. The van der Waals surface area contributed by atoms with Gasteiger partial charge in [0.2, 0.25) is 0 Å². The van der Waals surface area contributed by atoms with Gasteiger partial charge in [-0.2, -0.15) is 0 Å². The minimum absolute atomic E-state index is 0.149. The first-order valence-corrected chi connectivity index (χ1v) is 5.24. The molecule has 0 aromatic rings. The standard InChI is InChI=1S/C10H17NO2/c1-2-8-5-3-4-6-10(8)7-11-9(12)13-10/h8H,2-7H2,1H3,(H,11,12). The van der Waals surface area contributed by atoms with Crippen molar-refractivity contribution >= 4 is 6.09 Å². The van der Waals surface area contributed by atoms with Crippen molar-refractivity contribution in [3.63, 3.8) is 0 Å². The van der Waals surface area contributed by atoms with Gasteiger partial charge in [0.1, 0.15) is 5.60 Å². The van der Waals surface area contributed by atoms with Crippen molar-refractivity contribution < 1.29 is 9.53 Å². The van der Waals surface area contributed by atoms with Crippen LogP contribution in [-0.2, 0) is 4.74 Å². The largest absolute Gasteiger partial charge is 0.441 e. The van der Waals surface area contributed by atoms with Crippen LogP contribution >= 0.6 is 0 Å². The van der Waals surface area contributed by atoms with Gasteiger partial charge in [-0.25, -0.2) is 4.79 Å². The van der Waals surface area contributed by atoms with Crippen LogP contribution in [0.25, 0.3) is 0 Å². The average molecular weight is 183 g/mol. The molecule has 2 aliphatic rings. The smallest absolute Gasteiger partial charge is 0.407 e. The number of hydrogen-bond acceptors (Lipinski definition) is 2. The van der Waals surface area contributed by atoms with Crippen molar-refractivity contribution in [1.29, 1.82) is 0 Å². The second-order valence-corrected chi connectivity index (χ2v) is 4.16. The Morgan fingerprint density at radius 1 is 1.62 bits per heavy atom. The quantitative estimate of drug-likeness (QED) is 0.675. The highest BCUT2D eigenvalue weighted by Crippen LogP contribution is 2.40. The summed E-state index contributed by atoms with van der Waals surface area (Å²) in [7, 11) is 0. The summed E-state index contributed by atoms with van der Waals surface area (Å²) in [5.41, 5.74) is -0.149. The van der Waals surface area contributed by atoms with Crippen molar-refractivity contribution in [2.45, 2.75) is 44.6 Å². The predicted molar refractivity (Wildman–Crippen MR) is 49.5 cm³/mol. The molecule has 1 saturated carbocycles. The average Bonchev–Trinajstić information content (AvgIpc) is 2.49. The molecule has 1 amide bonds. The zero-order valence-corrected chi connectivity index (χ0v) is 8.14. The molecule has 1 aliphatic heterocycles. The second kappa shape index (κ2) is 3.20. The third-order valence-electron chi connectivity index (χ3n) is 3.47. The van der Waals surface area contributed by atoms with E-state index in [4.69, 9.17) is 4.74 Å². The number of carbonyl (C=O) groups is 1. The molecule has 3 heteroatoms. The highest BCUT2D eigenvalue weighted by molar-refractivity contribution is 5.70. The second-order valence-electron chi connectivity index (χ2n) is 4.16. The molecule has 1 spiro atoms. The van der Waals surface area contributed by atoms with E-state index in [2.05, 4.69) is 12.2 Å². The van der Waals surface area contributed by atoms with E-state index in [-0.39, 0.29) is 11.7 Å². The Morgan fingerprint density at radius 3 is 3.08 bits per heavy atom. The van der Waals surface area contributed by atoms with Gasteiger partial charge in [0.25, 0.3) is 0 Å². The number of amides is 1. The highest BCUT2D eigenvalue weighted by atomic mass is 16.6. The van der Waals surface area contributed by atoms with Crippen LogP contribution in [0.2, 0.25) is 0 Å². The lowest BCUT2D eigenvalue weighted by Crippen LogP contribution is -2.43. The molecule has 2 fully saturated rings. The lowest BCUT2D eigenvalue weighted by atomic mass is 9.74. The van der Waals surface area contributed by atoms with Crippen LogP contribution < -0.4 is 5.32 Å². The molecule has 0 aromatic heterocycles. The summed E-state index contributed by atoms with van der Waals surface area (Å²) in [6, 6.07) is 0. The van der Waals surface area contributed by atoms with Gasteiger partial charge >= 0.3 is 6.09 Å². The van der Waals surface area contributed by atoms with Crippen molar-refractivity contribution in [1.82, 2.24) is 5.32 Å². The highest BCUT2D eigenvalue weighted by Gasteiger charge is 2.47. The Morgan fingerprint density at radius 2 is 2.46 bits per heavy atom. The number of ether oxygens (including phenoxy) is 1. The van der Waals surface area contributed by atoms with E-state index >= 15 is 0 Å². The zero-order chi connectivity index (χ0) is 9.31. The topological polar surface area (TPSA) is 38.3 Å². The summed E-state index contributed by atoms with van der Waals surface area (Å²) < 4.78 is 5.44. The Kier molecular flexibility index (Phi) is 2.18. The maximum absolute atomic E-state index is 11.0. The molecular weight excluding hydrogens is 166 g/mol. The first kappa shape index (κ1) is 8.85. The van der Waals surface area contributed by atoms with Gasteiger partial charge in [-0.05, 0) is 25.7 Å². The molecule has 1 aliphatic carbocycles. The molecular formula is C10H17NO2. The number of nitrogens with one attached hydrogen (secondary N) is 1. The first-order chi connectivity index (χ1) is 6.27. The molecule has 3 nitrogen and oxygen atoms in total. The summed E-state index contributed by atoms with van der Waals surface area (Å²) in [6.45, 7) is 2.91. The summed E-state index contributed by atoms with van der Waals surface area (Å²) in [5, 5.41) is 2.78. The Hall–Kier alpha value is -0.730. The molecule has 74 valence electrons. The van der Waals surface area contributed by atoms with Crippen LogP contribution in [0.1, 0.15) is 39.0 Å². The van der Waals surface area contributed by atoms with Gasteiger partial charge in [-0.15, -0.1) is 0 Å². The van der Waals surface area contributed by atoms with Crippen molar-refractivity contribution in [3.05, 3.63) is 0 Å². The van der Waals surface area contributed by atoms with Gasteiger partial charge in [-0.3, -0.25) is 0 Å². The van der Waals surface area contributed by atoms with E-state index < -0.39 is 0 Å². The van der Waals surface area contributed by atoms with Crippen LogP contribution in [0.5, 0.6) is 0 Å².